The standard InChI is InChI=1S/C25H28N4O2/c1-27-20-3-2-10-29(20)21-18-13-25(18,23(31)22(21)30)9-8-14-4-5-16-12-17(15-6-7-15)24(26)28-19(16)11-14/h2-5,10-12,15,18,21-23,30-31H,1,6-9,13H2,(H2,26,28)/t18-,21-,22+,23+,25?/m1/s1. The van der Waals surface area contributed by atoms with Gasteiger partial charge in [-0.05, 0) is 86.0 Å². The molecule has 3 saturated carbocycles. The van der Waals surface area contributed by atoms with E-state index < -0.39 is 12.2 Å². The summed E-state index contributed by atoms with van der Waals surface area (Å²) in [5, 5.41) is 22.9. The number of aryl methyl sites for hydroxylation is 1. The highest BCUT2D eigenvalue weighted by molar-refractivity contribution is 5.82. The number of anilines is 1. The van der Waals surface area contributed by atoms with Crippen LogP contribution in [-0.2, 0) is 6.42 Å². The Morgan fingerprint density at radius 2 is 2.06 bits per heavy atom. The third-order valence-corrected chi connectivity index (χ3v) is 7.93. The molecular formula is C25H28N4O2. The number of pyridine rings is 1. The van der Waals surface area contributed by atoms with Gasteiger partial charge in [-0.1, -0.05) is 12.1 Å². The Kier molecular flexibility index (Phi) is 4.08. The van der Waals surface area contributed by atoms with Gasteiger partial charge < -0.3 is 20.5 Å². The molecule has 6 rings (SSSR count). The van der Waals surface area contributed by atoms with Crippen LogP contribution < -0.4 is 5.73 Å². The van der Waals surface area contributed by atoms with Gasteiger partial charge in [-0.3, -0.25) is 0 Å². The van der Waals surface area contributed by atoms with Gasteiger partial charge in [-0.15, -0.1) is 0 Å². The summed E-state index contributed by atoms with van der Waals surface area (Å²) in [6.07, 6.45) is 5.44. The highest BCUT2D eigenvalue weighted by atomic mass is 16.3. The minimum Gasteiger partial charge on any atom is -0.390 e. The molecule has 2 heterocycles. The molecule has 0 amide bonds. The molecule has 6 heteroatoms. The number of benzene rings is 1. The first-order valence-electron chi connectivity index (χ1n) is 11.2. The summed E-state index contributed by atoms with van der Waals surface area (Å²) in [6, 6.07) is 12.3. The lowest BCUT2D eigenvalue weighted by molar-refractivity contribution is -0.0194. The Hall–Kier alpha value is -2.70. The van der Waals surface area contributed by atoms with Gasteiger partial charge >= 0.3 is 0 Å². The number of aliphatic hydroxyl groups is 2. The Morgan fingerprint density at radius 1 is 1.23 bits per heavy atom. The second-order valence-corrected chi connectivity index (χ2v) is 9.67. The molecule has 0 radical (unpaired) electrons. The van der Waals surface area contributed by atoms with E-state index in [2.05, 4.69) is 41.0 Å². The van der Waals surface area contributed by atoms with Crippen LogP contribution in [0.5, 0.6) is 0 Å². The molecule has 3 aliphatic rings. The van der Waals surface area contributed by atoms with Crippen molar-refractivity contribution in [3.05, 3.63) is 53.7 Å². The highest BCUT2D eigenvalue weighted by Crippen LogP contribution is 2.70. The molecule has 1 unspecified atom stereocenters. The van der Waals surface area contributed by atoms with E-state index in [0.717, 1.165) is 36.0 Å². The van der Waals surface area contributed by atoms with Gasteiger partial charge in [0, 0.05) is 17.0 Å². The van der Waals surface area contributed by atoms with Gasteiger partial charge in [0.2, 0.25) is 0 Å². The van der Waals surface area contributed by atoms with Crippen LogP contribution >= 0.6 is 0 Å². The van der Waals surface area contributed by atoms with E-state index in [9.17, 15) is 10.2 Å². The Balaban J connectivity index is 1.22. The number of nitrogen functional groups attached to an aromatic ring is 1. The molecule has 1 aromatic carbocycles. The predicted molar refractivity (Wildman–Crippen MR) is 122 cm³/mol. The molecule has 6 nitrogen and oxygen atoms in total. The second kappa shape index (κ2) is 6.65. The number of hydrogen-bond donors (Lipinski definition) is 3. The van der Waals surface area contributed by atoms with Gasteiger partial charge in [0.05, 0.1) is 17.7 Å². The van der Waals surface area contributed by atoms with Crippen LogP contribution in [0, 0.1) is 11.3 Å². The number of hydrogen-bond acceptors (Lipinski definition) is 5. The van der Waals surface area contributed by atoms with Gasteiger partial charge in [0.25, 0.3) is 0 Å². The lowest BCUT2D eigenvalue weighted by Crippen LogP contribution is -2.34. The molecule has 0 saturated heterocycles. The Morgan fingerprint density at radius 3 is 2.84 bits per heavy atom. The molecule has 3 aliphatic carbocycles. The van der Waals surface area contributed by atoms with E-state index in [0.29, 0.717) is 11.7 Å². The lowest BCUT2D eigenvalue weighted by atomic mass is 9.91. The van der Waals surface area contributed by atoms with Crippen LogP contribution in [0.3, 0.4) is 0 Å². The zero-order chi connectivity index (χ0) is 21.3. The van der Waals surface area contributed by atoms with Crippen molar-refractivity contribution in [2.45, 2.75) is 56.3 Å². The van der Waals surface area contributed by atoms with Gasteiger partial charge in [0.15, 0.2) is 0 Å². The van der Waals surface area contributed by atoms with E-state index in [1.54, 1.807) is 0 Å². The quantitative estimate of drug-likeness (QED) is 0.533. The topological polar surface area (TPSA) is 96.7 Å². The third kappa shape index (κ3) is 2.85. The Labute approximate surface area is 181 Å². The van der Waals surface area contributed by atoms with Crippen LogP contribution in [0.4, 0.5) is 11.6 Å². The molecule has 0 aliphatic heterocycles. The average molecular weight is 417 g/mol. The second-order valence-electron chi connectivity index (χ2n) is 9.67. The number of nitrogens with zero attached hydrogens (tertiary/aromatic N) is 3. The fraction of sp³-hybridized carbons (Fsp3) is 0.440. The van der Waals surface area contributed by atoms with Crippen LogP contribution in [0.2, 0.25) is 0 Å². The highest BCUT2D eigenvalue weighted by Gasteiger charge is 2.70. The minimum absolute atomic E-state index is 0.149. The van der Waals surface area contributed by atoms with E-state index in [1.807, 2.05) is 22.9 Å². The van der Waals surface area contributed by atoms with Crippen molar-refractivity contribution in [2.75, 3.05) is 5.73 Å². The molecule has 31 heavy (non-hydrogen) atoms. The summed E-state index contributed by atoms with van der Waals surface area (Å²) in [4.78, 5) is 8.73. The summed E-state index contributed by atoms with van der Waals surface area (Å²) in [5.41, 5.74) is 9.29. The monoisotopic (exact) mass is 416 g/mol. The number of aliphatic hydroxyl groups excluding tert-OH is 2. The zero-order valence-electron chi connectivity index (χ0n) is 17.5. The smallest absolute Gasteiger partial charge is 0.132 e. The maximum absolute atomic E-state index is 10.9. The largest absolute Gasteiger partial charge is 0.390 e. The maximum atomic E-state index is 10.9. The van der Waals surface area contributed by atoms with E-state index >= 15 is 0 Å². The van der Waals surface area contributed by atoms with Crippen molar-refractivity contribution in [1.29, 1.82) is 0 Å². The third-order valence-electron chi connectivity index (χ3n) is 7.93. The number of aliphatic imine (C=N–C) groups is 1. The molecule has 3 fully saturated rings. The predicted octanol–water partition coefficient (Wildman–Crippen LogP) is 3.74. The minimum atomic E-state index is -0.787. The average Bonchev–Trinajstić information content (AvgIpc) is 3.67. The van der Waals surface area contributed by atoms with Crippen molar-refractivity contribution < 1.29 is 10.2 Å². The lowest BCUT2D eigenvalue weighted by Gasteiger charge is -2.25. The fourth-order valence-electron chi connectivity index (χ4n) is 5.98. The number of fused-ring (bicyclic) bond motifs is 2. The molecule has 3 aromatic rings. The normalized spacial score (nSPS) is 31.7. The summed E-state index contributed by atoms with van der Waals surface area (Å²) in [7, 11) is 0. The molecule has 2 aromatic heterocycles. The van der Waals surface area contributed by atoms with Crippen LogP contribution in [-0.4, -0.2) is 38.7 Å². The molecular weight excluding hydrogens is 388 g/mol. The summed E-state index contributed by atoms with van der Waals surface area (Å²) >= 11 is 0. The van der Waals surface area contributed by atoms with Crippen molar-refractivity contribution in [2.24, 2.45) is 16.3 Å². The van der Waals surface area contributed by atoms with E-state index in [4.69, 9.17) is 5.73 Å². The van der Waals surface area contributed by atoms with Crippen molar-refractivity contribution >= 4 is 29.3 Å². The van der Waals surface area contributed by atoms with Crippen LogP contribution in [0.1, 0.15) is 48.8 Å². The van der Waals surface area contributed by atoms with Crippen LogP contribution in [0.25, 0.3) is 10.9 Å². The van der Waals surface area contributed by atoms with Crippen molar-refractivity contribution in [3.63, 3.8) is 0 Å². The maximum Gasteiger partial charge on any atom is 0.132 e. The number of aromatic nitrogens is 2. The van der Waals surface area contributed by atoms with Gasteiger partial charge in [-0.2, -0.15) is 0 Å². The van der Waals surface area contributed by atoms with Crippen molar-refractivity contribution in [1.82, 2.24) is 9.55 Å². The zero-order valence-corrected chi connectivity index (χ0v) is 17.5. The summed E-state index contributed by atoms with van der Waals surface area (Å²) in [6.45, 7) is 3.63. The first-order chi connectivity index (χ1) is 15.0. The Bertz CT molecular complexity index is 1180. The summed E-state index contributed by atoms with van der Waals surface area (Å²) < 4.78 is 1.97. The molecule has 160 valence electrons. The molecule has 5 atom stereocenters. The summed E-state index contributed by atoms with van der Waals surface area (Å²) in [5.74, 6) is 2.23. The first kappa shape index (κ1) is 19.0. The van der Waals surface area contributed by atoms with E-state index in [-0.39, 0.29) is 17.4 Å². The van der Waals surface area contributed by atoms with Crippen LogP contribution in [0.15, 0.2) is 47.6 Å². The molecule has 0 spiro atoms. The number of rotatable bonds is 6. The molecule has 0 bridgehead atoms. The first-order valence-corrected chi connectivity index (χ1v) is 11.2. The van der Waals surface area contributed by atoms with Gasteiger partial charge in [-0.25, -0.2) is 9.98 Å². The van der Waals surface area contributed by atoms with Gasteiger partial charge in [0.1, 0.15) is 17.7 Å². The SMILES string of the molecule is C=Nc1cccn1[C@H]1[C@H](O)[C@H](O)C2(CCc3ccc4cc(C5CC5)c(N)nc4c3)C[C@H]12. The fourth-order valence-corrected chi connectivity index (χ4v) is 5.98. The van der Waals surface area contributed by atoms with E-state index in [1.165, 1.54) is 24.0 Å². The van der Waals surface area contributed by atoms with Crippen molar-refractivity contribution in [3.8, 4) is 0 Å². The number of nitrogens with two attached hydrogens (primary N) is 1. The molecule has 4 N–H and O–H groups in total.